The third kappa shape index (κ3) is 5.79. The normalized spacial score (nSPS) is 10.5. The van der Waals surface area contributed by atoms with E-state index in [0.717, 1.165) is 0 Å². The Bertz CT molecular complexity index is 950. The lowest BCUT2D eigenvalue weighted by molar-refractivity contribution is -0.113. The number of halogens is 2. The molecule has 1 aromatic heterocycles. The Kier molecular flexibility index (Phi) is 7.02. The van der Waals surface area contributed by atoms with Crippen molar-refractivity contribution in [1.29, 1.82) is 0 Å². The smallest absolute Gasteiger partial charge is 0.234 e. The predicted molar refractivity (Wildman–Crippen MR) is 110 cm³/mol. The van der Waals surface area contributed by atoms with E-state index in [9.17, 15) is 4.79 Å². The Labute approximate surface area is 175 Å². The highest BCUT2D eigenvalue weighted by atomic mass is 35.5. The number of anilines is 1. The molecule has 0 aliphatic rings. The van der Waals surface area contributed by atoms with Gasteiger partial charge in [0, 0.05) is 10.0 Å². The first kappa shape index (κ1) is 20.3. The Balaban J connectivity index is 1.49. The highest BCUT2D eigenvalue weighted by Gasteiger charge is 2.11. The standard InChI is InChI=1S/C18H16Cl2N4O3S/c1-26-15-7-4-12(20)8-14(15)21-17(25)10-28-18-22-16(23-24-18)9-27-13-5-2-11(19)3-6-13/h2-8H,9-10H2,1H3,(H,21,25)(H,22,23,24). The average Bonchev–Trinajstić information content (AvgIpc) is 3.14. The molecule has 10 heteroatoms. The van der Waals surface area contributed by atoms with Crippen LogP contribution < -0.4 is 14.8 Å². The molecular formula is C18H16Cl2N4O3S. The lowest BCUT2D eigenvalue weighted by Gasteiger charge is -2.09. The van der Waals surface area contributed by atoms with E-state index in [2.05, 4.69) is 20.5 Å². The molecule has 0 atom stereocenters. The van der Waals surface area contributed by atoms with Crippen LogP contribution in [-0.4, -0.2) is 34.0 Å². The highest BCUT2D eigenvalue weighted by Crippen LogP contribution is 2.28. The van der Waals surface area contributed by atoms with Crippen LogP contribution in [0, 0.1) is 0 Å². The summed E-state index contributed by atoms with van der Waals surface area (Å²) in [5.74, 6) is 1.65. The maximum atomic E-state index is 12.2. The second-order valence-electron chi connectivity index (χ2n) is 5.49. The molecule has 2 aromatic carbocycles. The summed E-state index contributed by atoms with van der Waals surface area (Å²) in [6.07, 6.45) is 0. The zero-order chi connectivity index (χ0) is 19.9. The Morgan fingerprint density at radius 3 is 2.68 bits per heavy atom. The average molecular weight is 439 g/mol. The van der Waals surface area contributed by atoms with Gasteiger partial charge in [-0.2, -0.15) is 0 Å². The molecule has 0 saturated carbocycles. The summed E-state index contributed by atoms with van der Waals surface area (Å²) in [7, 11) is 1.52. The summed E-state index contributed by atoms with van der Waals surface area (Å²) in [6, 6.07) is 12.0. The van der Waals surface area contributed by atoms with Crippen molar-refractivity contribution in [3.63, 3.8) is 0 Å². The maximum Gasteiger partial charge on any atom is 0.234 e. The monoisotopic (exact) mass is 438 g/mol. The minimum Gasteiger partial charge on any atom is -0.495 e. The molecule has 0 saturated heterocycles. The number of carbonyl (C=O) groups is 1. The maximum absolute atomic E-state index is 12.2. The molecule has 0 radical (unpaired) electrons. The van der Waals surface area contributed by atoms with Crippen LogP contribution in [0.15, 0.2) is 47.6 Å². The summed E-state index contributed by atoms with van der Waals surface area (Å²) in [5, 5.41) is 11.2. The number of ether oxygens (including phenoxy) is 2. The predicted octanol–water partition coefficient (Wildman–Crippen LogP) is 4.43. The summed E-state index contributed by atoms with van der Waals surface area (Å²) in [5.41, 5.74) is 0.507. The largest absolute Gasteiger partial charge is 0.495 e. The fourth-order valence-electron chi connectivity index (χ4n) is 2.18. The molecule has 3 aromatic rings. The van der Waals surface area contributed by atoms with Gasteiger partial charge in [0.15, 0.2) is 5.82 Å². The van der Waals surface area contributed by atoms with Gasteiger partial charge in [0.1, 0.15) is 18.1 Å². The van der Waals surface area contributed by atoms with Crippen LogP contribution in [0.4, 0.5) is 5.69 Å². The van der Waals surface area contributed by atoms with Crippen molar-refractivity contribution >= 4 is 46.6 Å². The Morgan fingerprint density at radius 2 is 1.93 bits per heavy atom. The number of methoxy groups -OCH3 is 1. The molecule has 7 nitrogen and oxygen atoms in total. The molecular weight excluding hydrogens is 423 g/mol. The summed E-state index contributed by atoms with van der Waals surface area (Å²) in [4.78, 5) is 16.5. The number of hydrogen-bond donors (Lipinski definition) is 2. The van der Waals surface area contributed by atoms with E-state index < -0.39 is 0 Å². The number of amides is 1. The topological polar surface area (TPSA) is 89.1 Å². The van der Waals surface area contributed by atoms with Gasteiger partial charge in [0.2, 0.25) is 11.1 Å². The van der Waals surface area contributed by atoms with E-state index >= 15 is 0 Å². The fraction of sp³-hybridized carbons (Fsp3) is 0.167. The van der Waals surface area contributed by atoms with Gasteiger partial charge in [-0.05, 0) is 42.5 Å². The number of thioether (sulfide) groups is 1. The lowest BCUT2D eigenvalue weighted by atomic mass is 10.3. The summed E-state index contributed by atoms with van der Waals surface area (Å²) >= 11 is 13.0. The molecule has 0 aliphatic carbocycles. The van der Waals surface area contributed by atoms with E-state index in [1.54, 1.807) is 42.5 Å². The fourth-order valence-corrected chi connectivity index (χ4v) is 3.10. The minimum atomic E-state index is -0.227. The third-order valence-electron chi connectivity index (χ3n) is 3.47. The molecule has 0 fully saturated rings. The number of carbonyl (C=O) groups excluding carboxylic acids is 1. The van der Waals surface area contributed by atoms with E-state index in [1.165, 1.54) is 18.9 Å². The zero-order valence-electron chi connectivity index (χ0n) is 14.7. The van der Waals surface area contributed by atoms with Gasteiger partial charge in [-0.25, -0.2) is 4.98 Å². The van der Waals surface area contributed by atoms with Crippen molar-refractivity contribution in [2.75, 3.05) is 18.2 Å². The van der Waals surface area contributed by atoms with Crippen LogP contribution in [0.2, 0.25) is 10.0 Å². The molecule has 3 rings (SSSR count). The van der Waals surface area contributed by atoms with Gasteiger partial charge in [0.05, 0.1) is 18.6 Å². The van der Waals surface area contributed by atoms with Gasteiger partial charge in [0.25, 0.3) is 0 Å². The van der Waals surface area contributed by atoms with Crippen LogP contribution in [-0.2, 0) is 11.4 Å². The second-order valence-corrected chi connectivity index (χ2v) is 7.30. The van der Waals surface area contributed by atoms with Crippen molar-refractivity contribution in [2.24, 2.45) is 0 Å². The molecule has 1 amide bonds. The SMILES string of the molecule is COc1ccc(Cl)cc1NC(=O)CSc1n[nH]c(COc2ccc(Cl)cc2)n1. The van der Waals surface area contributed by atoms with Crippen LogP contribution in [0.3, 0.4) is 0 Å². The number of hydrogen-bond acceptors (Lipinski definition) is 6. The van der Waals surface area contributed by atoms with Crippen LogP contribution >= 0.6 is 35.0 Å². The van der Waals surface area contributed by atoms with E-state index in [4.69, 9.17) is 32.7 Å². The van der Waals surface area contributed by atoms with E-state index in [-0.39, 0.29) is 18.3 Å². The zero-order valence-corrected chi connectivity index (χ0v) is 17.1. The van der Waals surface area contributed by atoms with Crippen molar-refractivity contribution < 1.29 is 14.3 Å². The molecule has 146 valence electrons. The van der Waals surface area contributed by atoms with Crippen LogP contribution in [0.25, 0.3) is 0 Å². The van der Waals surface area contributed by atoms with Crippen molar-refractivity contribution in [2.45, 2.75) is 11.8 Å². The third-order valence-corrected chi connectivity index (χ3v) is 4.80. The molecule has 0 unspecified atom stereocenters. The number of aromatic amines is 1. The summed E-state index contributed by atoms with van der Waals surface area (Å²) in [6.45, 7) is 0.223. The molecule has 0 bridgehead atoms. The first-order valence-corrected chi connectivity index (χ1v) is 9.83. The van der Waals surface area contributed by atoms with Gasteiger partial charge < -0.3 is 14.8 Å². The van der Waals surface area contributed by atoms with E-state index in [1.807, 2.05) is 0 Å². The molecule has 0 aliphatic heterocycles. The van der Waals surface area contributed by atoms with E-state index in [0.29, 0.717) is 38.2 Å². The quantitative estimate of drug-likeness (QED) is 0.505. The number of H-pyrrole nitrogens is 1. The minimum absolute atomic E-state index is 0.130. The Morgan fingerprint density at radius 1 is 1.18 bits per heavy atom. The van der Waals surface area contributed by atoms with Crippen molar-refractivity contribution in [3.8, 4) is 11.5 Å². The van der Waals surface area contributed by atoms with Gasteiger partial charge in [-0.3, -0.25) is 9.89 Å². The van der Waals surface area contributed by atoms with Crippen molar-refractivity contribution in [3.05, 3.63) is 58.3 Å². The molecule has 0 spiro atoms. The van der Waals surface area contributed by atoms with Crippen LogP contribution in [0.5, 0.6) is 11.5 Å². The molecule has 28 heavy (non-hydrogen) atoms. The second kappa shape index (κ2) is 9.68. The lowest BCUT2D eigenvalue weighted by Crippen LogP contribution is -2.14. The summed E-state index contributed by atoms with van der Waals surface area (Å²) < 4.78 is 10.8. The molecule has 2 N–H and O–H groups in total. The molecule has 1 heterocycles. The van der Waals surface area contributed by atoms with Gasteiger partial charge in [-0.15, -0.1) is 5.10 Å². The first-order chi connectivity index (χ1) is 13.5. The van der Waals surface area contributed by atoms with Crippen molar-refractivity contribution in [1.82, 2.24) is 15.2 Å². The number of nitrogens with one attached hydrogen (secondary N) is 2. The van der Waals surface area contributed by atoms with Gasteiger partial charge >= 0.3 is 0 Å². The Hall–Kier alpha value is -2.42. The highest BCUT2D eigenvalue weighted by molar-refractivity contribution is 7.99. The first-order valence-electron chi connectivity index (χ1n) is 8.09. The van der Waals surface area contributed by atoms with Gasteiger partial charge in [-0.1, -0.05) is 35.0 Å². The number of nitrogens with zero attached hydrogens (tertiary/aromatic N) is 2. The van der Waals surface area contributed by atoms with Crippen LogP contribution in [0.1, 0.15) is 5.82 Å². The number of aromatic nitrogens is 3. The number of rotatable bonds is 8. The number of benzene rings is 2.